The highest BCUT2D eigenvalue weighted by Gasteiger charge is 2.20. The van der Waals surface area contributed by atoms with Gasteiger partial charge >= 0.3 is 5.97 Å². The van der Waals surface area contributed by atoms with Gasteiger partial charge in [-0.2, -0.15) is 0 Å². The fourth-order valence-electron chi connectivity index (χ4n) is 1.76. The molecule has 3 unspecified atom stereocenters. The molecule has 1 rings (SSSR count). The number of methoxy groups -OCH3 is 1. The van der Waals surface area contributed by atoms with Crippen LogP contribution in [0.3, 0.4) is 0 Å². The molecule has 0 aromatic heterocycles. The second-order valence-corrected chi connectivity index (χ2v) is 5.31. The monoisotopic (exact) mass is 290 g/mol. The third kappa shape index (κ3) is 4.26. The summed E-state index contributed by atoms with van der Waals surface area (Å²) in [7, 11) is 1.38. The van der Waals surface area contributed by atoms with Crippen molar-refractivity contribution in [3.63, 3.8) is 0 Å². The second-order valence-electron chi connectivity index (χ2n) is 4.21. The molecular weight excluding hydrogens is 272 g/mol. The number of alkyl halides is 1. The molecule has 0 N–H and O–H groups in total. The Kier molecular flexibility index (Phi) is 6.06. The van der Waals surface area contributed by atoms with E-state index in [4.69, 9.17) is 4.74 Å². The van der Waals surface area contributed by atoms with E-state index < -0.39 is 0 Å². The zero-order valence-corrected chi connectivity index (χ0v) is 11.4. The number of carbonyl (C=O) groups is 1. The van der Waals surface area contributed by atoms with Crippen molar-refractivity contribution in [3.05, 3.63) is 12.2 Å². The smallest absolute Gasteiger partial charge is 0.321 e. The Morgan fingerprint density at radius 2 is 2.19 bits per heavy atom. The van der Waals surface area contributed by atoms with Crippen LogP contribution in [0.4, 0.5) is 0 Å². The molecule has 0 saturated heterocycles. The van der Waals surface area contributed by atoms with Crippen molar-refractivity contribution in [2.45, 2.75) is 24.6 Å². The van der Waals surface area contributed by atoms with E-state index in [-0.39, 0.29) is 10.8 Å². The maximum Gasteiger partial charge on any atom is 0.321 e. The predicted molar refractivity (Wildman–Crippen MR) is 66.6 cm³/mol. The summed E-state index contributed by atoms with van der Waals surface area (Å²) in [5.41, 5.74) is 0. The van der Waals surface area contributed by atoms with Crippen molar-refractivity contribution < 1.29 is 14.3 Å². The fourth-order valence-corrected chi connectivity index (χ4v) is 2.13. The van der Waals surface area contributed by atoms with E-state index in [9.17, 15) is 4.79 Å². The topological polar surface area (TPSA) is 35.5 Å². The van der Waals surface area contributed by atoms with Gasteiger partial charge in [0, 0.05) is 0 Å². The van der Waals surface area contributed by atoms with Gasteiger partial charge in [-0.15, -0.1) is 0 Å². The minimum Gasteiger partial charge on any atom is -0.468 e. The van der Waals surface area contributed by atoms with Crippen LogP contribution in [0.15, 0.2) is 12.2 Å². The van der Waals surface area contributed by atoms with Gasteiger partial charge in [0.2, 0.25) is 0 Å². The van der Waals surface area contributed by atoms with E-state index in [0.29, 0.717) is 25.0 Å². The van der Waals surface area contributed by atoms with Gasteiger partial charge < -0.3 is 9.47 Å². The maximum atomic E-state index is 11.1. The standard InChI is InChI=1S/C12H19BrO3/c1-9-5-3-4-6-10(9)7-16-8-11(13)12(14)15-2/h3-4,9-11H,5-8H2,1-2H3. The lowest BCUT2D eigenvalue weighted by Crippen LogP contribution is -2.25. The highest BCUT2D eigenvalue weighted by molar-refractivity contribution is 9.10. The number of halogens is 1. The van der Waals surface area contributed by atoms with Crippen LogP contribution in [-0.2, 0) is 14.3 Å². The molecule has 16 heavy (non-hydrogen) atoms. The van der Waals surface area contributed by atoms with Gasteiger partial charge in [-0.3, -0.25) is 4.79 Å². The zero-order chi connectivity index (χ0) is 12.0. The zero-order valence-electron chi connectivity index (χ0n) is 9.82. The van der Waals surface area contributed by atoms with E-state index in [1.165, 1.54) is 7.11 Å². The Bertz CT molecular complexity index is 253. The molecule has 0 saturated carbocycles. The molecule has 0 amide bonds. The summed E-state index contributed by atoms with van der Waals surface area (Å²) in [5, 5.41) is 0. The van der Waals surface area contributed by atoms with E-state index in [1.54, 1.807) is 0 Å². The lowest BCUT2D eigenvalue weighted by atomic mass is 9.85. The minimum absolute atomic E-state index is 0.281. The van der Waals surface area contributed by atoms with Gasteiger partial charge in [-0.05, 0) is 24.7 Å². The summed E-state index contributed by atoms with van der Waals surface area (Å²) in [6.45, 7) is 3.33. The van der Waals surface area contributed by atoms with Crippen LogP contribution in [0.1, 0.15) is 19.8 Å². The first-order chi connectivity index (χ1) is 7.65. The van der Waals surface area contributed by atoms with Crippen LogP contribution < -0.4 is 0 Å². The molecule has 3 nitrogen and oxygen atoms in total. The van der Waals surface area contributed by atoms with E-state index in [1.807, 2.05) is 0 Å². The molecule has 0 fully saturated rings. The molecule has 1 aliphatic rings. The fraction of sp³-hybridized carbons (Fsp3) is 0.750. The number of carbonyl (C=O) groups excluding carboxylic acids is 1. The molecule has 0 aromatic rings. The lowest BCUT2D eigenvalue weighted by molar-refractivity contribution is -0.141. The first-order valence-corrected chi connectivity index (χ1v) is 6.51. The molecule has 0 bridgehead atoms. The van der Waals surface area contributed by atoms with Crippen molar-refractivity contribution >= 4 is 21.9 Å². The molecule has 0 radical (unpaired) electrons. The largest absolute Gasteiger partial charge is 0.468 e. The van der Waals surface area contributed by atoms with Crippen molar-refractivity contribution in [1.82, 2.24) is 0 Å². The molecule has 0 heterocycles. The van der Waals surface area contributed by atoms with Crippen LogP contribution in [0.25, 0.3) is 0 Å². The second kappa shape index (κ2) is 7.07. The Hall–Kier alpha value is -0.350. The number of esters is 1. The highest BCUT2D eigenvalue weighted by atomic mass is 79.9. The van der Waals surface area contributed by atoms with Crippen LogP contribution >= 0.6 is 15.9 Å². The van der Waals surface area contributed by atoms with Gasteiger partial charge in [-0.1, -0.05) is 35.0 Å². The first-order valence-electron chi connectivity index (χ1n) is 5.59. The van der Waals surface area contributed by atoms with Gasteiger partial charge in [0.25, 0.3) is 0 Å². The Labute approximate surface area is 105 Å². The normalized spacial score (nSPS) is 26.4. The summed E-state index contributed by atoms with van der Waals surface area (Å²) in [4.78, 5) is 10.7. The van der Waals surface area contributed by atoms with Crippen molar-refractivity contribution in [2.24, 2.45) is 11.8 Å². The van der Waals surface area contributed by atoms with Crippen LogP contribution in [0.2, 0.25) is 0 Å². The molecule has 92 valence electrons. The van der Waals surface area contributed by atoms with E-state index >= 15 is 0 Å². The Morgan fingerprint density at radius 3 is 2.81 bits per heavy atom. The van der Waals surface area contributed by atoms with Crippen LogP contribution in [-0.4, -0.2) is 31.1 Å². The molecule has 3 atom stereocenters. The van der Waals surface area contributed by atoms with E-state index in [2.05, 4.69) is 39.7 Å². The van der Waals surface area contributed by atoms with Crippen molar-refractivity contribution in [3.8, 4) is 0 Å². The number of rotatable bonds is 5. The summed E-state index contributed by atoms with van der Waals surface area (Å²) in [5.74, 6) is 0.954. The maximum absolute atomic E-state index is 11.1. The Balaban J connectivity index is 2.20. The summed E-state index contributed by atoms with van der Waals surface area (Å²) < 4.78 is 10.1. The third-order valence-electron chi connectivity index (χ3n) is 2.97. The highest BCUT2D eigenvalue weighted by Crippen LogP contribution is 2.25. The van der Waals surface area contributed by atoms with Crippen LogP contribution in [0, 0.1) is 11.8 Å². The number of hydrogen-bond donors (Lipinski definition) is 0. The molecule has 0 spiro atoms. The number of ether oxygens (including phenoxy) is 2. The van der Waals surface area contributed by atoms with Gasteiger partial charge in [-0.25, -0.2) is 0 Å². The number of allylic oxidation sites excluding steroid dienone is 2. The first kappa shape index (κ1) is 13.7. The SMILES string of the molecule is COC(=O)C(Br)COCC1CC=CCC1C. The summed E-state index contributed by atoms with van der Waals surface area (Å²) in [6, 6.07) is 0. The van der Waals surface area contributed by atoms with Gasteiger partial charge in [0.15, 0.2) is 0 Å². The van der Waals surface area contributed by atoms with Crippen molar-refractivity contribution in [1.29, 1.82) is 0 Å². The lowest BCUT2D eigenvalue weighted by Gasteiger charge is -2.25. The Morgan fingerprint density at radius 1 is 1.50 bits per heavy atom. The molecular formula is C12H19BrO3. The van der Waals surface area contributed by atoms with Crippen molar-refractivity contribution in [2.75, 3.05) is 20.3 Å². The van der Waals surface area contributed by atoms with Gasteiger partial charge in [0.1, 0.15) is 4.83 Å². The van der Waals surface area contributed by atoms with E-state index in [0.717, 1.165) is 12.8 Å². The number of hydrogen-bond acceptors (Lipinski definition) is 3. The molecule has 0 aromatic carbocycles. The van der Waals surface area contributed by atoms with Crippen LogP contribution in [0.5, 0.6) is 0 Å². The molecule has 0 aliphatic heterocycles. The predicted octanol–water partition coefficient (Wildman–Crippen LogP) is 2.54. The summed E-state index contributed by atoms with van der Waals surface area (Å²) >= 11 is 3.23. The summed E-state index contributed by atoms with van der Waals surface area (Å²) in [6.07, 6.45) is 6.64. The average Bonchev–Trinajstić information content (AvgIpc) is 2.30. The average molecular weight is 291 g/mol. The third-order valence-corrected chi connectivity index (χ3v) is 3.61. The quantitative estimate of drug-likeness (QED) is 0.443. The minimum atomic E-state index is -0.355. The molecule has 4 heteroatoms. The molecule has 1 aliphatic carbocycles. The van der Waals surface area contributed by atoms with Gasteiger partial charge in [0.05, 0.1) is 20.3 Å².